The molecule has 0 aliphatic carbocycles. The Morgan fingerprint density at radius 1 is 0.485 bits per heavy atom. The summed E-state index contributed by atoms with van der Waals surface area (Å²) < 4.78 is 27.6. The van der Waals surface area contributed by atoms with Crippen LogP contribution >= 0.6 is 27.5 Å². The number of carboxylic acid groups (broad SMARTS) is 1. The van der Waals surface area contributed by atoms with E-state index in [9.17, 15) is 43.2 Å². The lowest BCUT2D eigenvalue weighted by Gasteiger charge is -2.34. The molecular formula is C81H97BrClN35O14. The van der Waals surface area contributed by atoms with Gasteiger partial charge in [-0.25, -0.2) is 44.9 Å². The molecule has 1 saturated heterocycles. The quantitative estimate of drug-likeness (QED) is 0.0175. The van der Waals surface area contributed by atoms with Gasteiger partial charge in [-0.2, -0.15) is 48.9 Å². The van der Waals surface area contributed by atoms with Crippen LogP contribution in [0.3, 0.4) is 0 Å². The van der Waals surface area contributed by atoms with Gasteiger partial charge in [0.2, 0.25) is 58.6 Å². The molecule has 0 saturated carbocycles. The number of Topliss-reactive ketones (excluding diaryl/α,β-unsaturated/α-hetero) is 2. The van der Waals surface area contributed by atoms with Gasteiger partial charge in [-0.3, -0.25) is 59.6 Å². The van der Waals surface area contributed by atoms with E-state index in [1.807, 2.05) is 70.8 Å². The van der Waals surface area contributed by atoms with Crippen LogP contribution in [0, 0.1) is 27.1 Å². The van der Waals surface area contributed by atoms with Gasteiger partial charge < -0.3 is 59.5 Å². The molecule has 15 aromatic rings. The Hall–Kier alpha value is -15.9. The molecule has 49 nitrogen and oxygen atoms in total. The number of halogens is 2. The molecule has 15 aromatic heterocycles. The maximum absolute atomic E-state index is 13.6. The number of hydrogen-bond acceptors (Lipinski definition) is 33. The van der Waals surface area contributed by atoms with Crippen molar-refractivity contribution in [2.75, 3.05) is 86.5 Å². The van der Waals surface area contributed by atoms with Crippen LogP contribution in [0.1, 0.15) is 125 Å². The number of ether oxygens (including phenoxy) is 4. The Balaban J connectivity index is 0.000000177. The van der Waals surface area contributed by atoms with Crippen molar-refractivity contribution in [3.63, 3.8) is 0 Å². The topological polar surface area (TPSA) is 638 Å². The van der Waals surface area contributed by atoms with E-state index in [0.717, 1.165) is 32.2 Å². The van der Waals surface area contributed by atoms with Crippen molar-refractivity contribution in [2.24, 2.45) is 27.1 Å². The van der Waals surface area contributed by atoms with Crippen LogP contribution in [0.15, 0.2) is 122 Å². The lowest BCUT2D eigenvalue weighted by Crippen LogP contribution is -2.51. The number of anilines is 6. The normalized spacial score (nSPS) is 12.0. The number of rotatable bonds is 17. The zero-order valence-corrected chi connectivity index (χ0v) is 77.5. The number of aromatic amines is 6. The largest absolute Gasteiger partial charge is 0.494 e. The molecule has 0 bridgehead atoms. The number of nitrogen functional groups attached to an aromatic ring is 1. The number of nitrogens with one attached hydrogen (secondary N) is 10. The predicted octanol–water partition coefficient (Wildman–Crippen LogP) is 8.89. The summed E-state index contributed by atoms with van der Waals surface area (Å²) in [5.41, 5.74) is 5.05. The van der Waals surface area contributed by atoms with Gasteiger partial charge in [0.15, 0.2) is 23.3 Å². The van der Waals surface area contributed by atoms with Gasteiger partial charge in [0.05, 0.1) is 97.2 Å². The van der Waals surface area contributed by atoms with Gasteiger partial charge in [0, 0.05) is 95.0 Å². The van der Waals surface area contributed by atoms with E-state index in [1.165, 1.54) is 94.3 Å². The molecule has 1 fully saturated rings. The predicted molar refractivity (Wildman–Crippen MR) is 485 cm³/mol. The van der Waals surface area contributed by atoms with Crippen molar-refractivity contribution < 1.29 is 67.2 Å². The van der Waals surface area contributed by atoms with Gasteiger partial charge >= 0.3 is 5.97 Å². The number of aromatic nitrogens is 28. The molecule has 132 heavy (non-hydrogen) atoms. The summed E-state index contributed by atoms with van der Waals surface area (Å²) in [6.45, 7) is 28.3. The minimum Gasteiger partial charge on any atom is -0.494 e. The Labute approximate surface area is 764 Å². The molecule has 694 valence electrons. The number of piperazine rings is 1. The summed E-state index contributed by atoms with van der Waals surface area (Å²) in [6, 6.07) is 9.29. The highest BCUT2D eigenvalue weighted by Gasteiger charge is 2.34. The molecule has 0 atom stereocenters. The maximum Gasteiger partial charge on any atom is 0.377 e. The third kappa shape index (κ3) is 24.3. The van der Waals surface area contributed by atoms with Crippen LogP contribution in [-0.4, -0.2) is 257 Å². The number of fused-ring (bicyclic) bond motifs is 4. The molecule has 51 heteroatoms. The number of ketones is 2. The molecule has 5 amide bonds. The molecule has 0 unspecified atom stereocenters. The Kier molecular flexibility index (Phi) is 31.2. The SMILES string of the molecule is CC(C)(C)C(=O)Cl.CC(C)(C)C(=O)Nc1ncn[nH]1.COc1cnc(-n2cnc(NC(=O)C(C)(C)C)n2)c2[nH]cc(C(=O)C(=O)N3CCN(c4nnnn4-c4ccccn4)CC3)c12.COc1cnc(-n2cnc(NC(=O)C(C)(C)C)n2)c2[nH]cc(C(=O)C(=O)O)c12.COc1cnc(-n2cnc(NC(=O)C(C)(C)C)n2)c2[nH]ccc12.COc1cnc(Br)c2[nH]ccc12.Nc1ncn[nH]1. The fourth-order valence-corrected chi connectivity index (χ4v) is 11.6. The number of amides is 5. The van der Waals surface area contributed by atoms with E-state index in [-0.39, 0.29) is 93.3 Å². The van der Waals surface area contributed by atoms with Gasteiger partial charge in [-0.1, -0.05) is 115 Å². The molecule has 0 radical (unpaired) electrons. The average Bonchev–Trinajstić information content (AvgIpc) is 1.63. The van der Waals surface area contributed by atoms with E-state index in [4.69, 9.17) is 41.4 Å². The first kappa shape index (κ1) is 98.3. The fraction of sp³-hybridized carbons (Fsp3) is 0.346. The van der Waals surface area contributed by atoms with E-state index >= 15 is 0 Å². The highest BCUT2D eigenvalue weighted by molar-refractivity contribution is 9.10. The monoisotopic (exact) mass is 1900 g/mol. The number of nitrogens with two attached hydrogens (primary N) is 1. The van der Waals surface area contributed by atoms with Gasteiger partial charge in [0.25, 0.3) is 23.4 Å². The molecule has 0 spiro atoms. The lowest BCUT2D eigenvalue weighted by atomic mass is 9.96. The number of carbonyl (C=O) groups is 9. The first-order valence-electron chi connectivity index (χ1n) is 39.8. The second kappa shape index (κ2) is 41.9. The second-order valence-electron chi connectivity index (χ2n) is 33.4. The first-order chi connectivity index (χ1) is 62.3. The minimum absolute atomic E-state index is 0.0654. The van der Waals surface area contributed by atoms with Crippen molar-refractivity contribution in [1.82, 2.24) is 145 Å². The number of carboxylic acids is 1. The third-order valence-electron chi connectivity index (χ3n) is 18.5. The summed E-state index contributed by atoms with van der Waals surface area (Å²) >= 11 is 8.46. The zero-order chi connectivity index (χ0) is 96.5. The smallest absolute Gasteiger partial charge is 0.377 e. The lowest BCUT2D eigenvalue weighted by molar-refractivity contribution is -0.132. The molecule has 1 aliphatic rings. The number of pyridine rings is 5. The van der Waals surface area contributed by atoms with Crippen molar-refractivity contribution in [3.05, 3.63) is 133 Å². The number of tetrazole rings is 1. The number of hydrogen-bond donors (Lipinski definition) is 12. The van der Waals surface area contributed by atoms with Crippen LogP contribution in [0.4, 0.5) is 35.7 Å². The Bertz CT molecular complexity index is 6570. The number of carbonyl (C=O) groups excluding carboxylic acids is 8. The van der Waals surface area contributed by atoms with Crippen LogP contribution < -0.4 is 50.8 Å². The van der Waals surface area contributed by atoms with Crippen LogP contribution in [0.2, 0.25) is 0 Å². The van der Waals surface area contributed by atoms with E-state index in [1.54, 1.807) is 113 Å². The maximum atomic E-state index is 13.6. The van der Waals surface area contributed by atoms with Gasteiger partial charge in [-0.05, 0) is 62.2 Å². The van der Waals surface area contributed by atoms with E-state index in [0.29, 0.717) is 76.3 Å². The molecule has 1 aliphatic heterocycles. The average molecular weight is 1900 g/mol. The summed E-state index contributed by atoms with van der Waals surface area (Å²) in [5, 5.41) is 58.6. The summed E-state index contributed by atoms with van der Waals surface area (Å²) in [5.74, 6) is 0.586. The number of methoxy groups -OCH3 is 4. The number of nitrogens with zero attached hydrogens (tertiary/aromatic N) is 24. The minimum atomic E-state index is -1.59. The van der Waals surface area contributed by atoms with Crippen molar-refractivity contribution in [3.8, 4) is 46.3 Å². The van der Waals surface area contributed by atoms with Crippen LogP contribution in [0.25, 0.3) is 66.9 Å². The van der Waals surface area contributed by atoms with Crippen molar-refractivity contribution in [2.45, 2.75) is 104 Å². The van der Waals surface area contributed by atoms with Gasteiger partial charge in [0.1, 0.15) is 59.2 Å². The highest BCUT2D eigenvalue weighted by Crippen LogP contribution is 2.36. The van der Waals surface area contributed by atoms with E-state index < -0.39 is 45.1 Å². The van der Waals surface area contributed by atoms with Gasteiger partial charge in [-0.15, -0.1) is 15.3 Å². The number of H-pyrrole nitrogens is 6. The molecule has 13 N–H and O–H groups in total. The van der Waals surface area contributed by atoms with Crippen molar-refractivity contribution in [1.29, 1.82) is 0 Å². The summed E-state index contributed by atoms with van der Waals surface area (Å²) in [6.07, 6.45) is 21.1. The second-order valence-corrected chi connectivity index (χ2v) is 34.5. The van der Waals surface area contributed by atoms with E-state index in [2.05, 4.69) is 158 Å². The third-order valence-corrected chi connectivity index (χ3v) is 19.7. The zero-order valence-electron chi connectivity index (χ0n) is 75.1. The molecule has 16 heterocycles. The van der Waals surface area contributed by atoms with Crippen molar-refractivity contribution >= 4 is 159 Å². The highest BCUT2D eigenvalue weighted by atomic mass is 79.9. The first-order valence-corrected chi connectivity index (χ1v) is 41.0. The molecule has 16 rings (SSSR count). The Morgan fingerprint density at radius 2 is 0.909 bits per heavy atom. The summed E-state index contributed by atoms with van der Waals surface area (Å²) in [7, 11) is 6.07. The summed E-state index contributed by atoms with van der Waals surface area (Å²) in [4.78, 5) is 165. The molecule has 0 aromatic carbocycles. The Morgan fingerprint density at radius 3 is 1.31 bits per heavy atom. The van der Waals surface area contributed by atoms with Crippen LogP contribution in [0.5, 0.6) is 23.0 Å². The molecular weight excluding hydrogens is 1800 g/mol. The van der Waals surface area contributed by atoms with Crippen LogP contribution in [-0.2, 0) is 33.6 Å². The number of aliphatic carboxylic acids is 1. The fourth-order valence-electron chi connectivity index (χ4n) is 11.1. The standard InChI is InChI=1S/C27H29N13O4.C17H18N6O5.C15H18N6O2.C8H7BrN2O.C7H12N4O.C5H9ClO.C2H4N4/c1-27(2,3)24(43)32-25-31-15-39(34-25)22-20-19(17(44-4)14-30-22)16(13-29-20)21(41)23(42)37-9-11-38(12-10-37)26-33-35-36-40(26)18-7-5-6-8-28-18;1-17(2,3)15(27)21-16-20-7-23(22-16)13-11-10(9(28-4)6-19-13)8(5-18-11)12(24)14(25)26;1-15(2,3)13(22)19-14-18-8-21(20-14)12-11-9(5-6-16-11)10(23-4)7-17-12;1-12-6-4-11-8(9)7-5(6)2-3-10-7;1-7(2,3)5(12)10-6-8-4-9-11-6;1-5(2,3)4(6)7;3-2-4-1-5-6-2/h5-8,13-15,29H,9-12H2,1-4H3,(H,32,34,43);5-7,18H,1-4H3,(H,25,26)(H,21,22,27);5-8,16H,1-4H3,(H,19,20,22);2-4,10H,1H3;4H,1-3H3,(H2,8,9,10,11,12);1-3H3;1H,(H3,3,4,5,6).